The van der Waals surface area contributed by atoms with Crippen LogP contribution in [-0.2, 0) is 0 Å². The summed E-state index contributed by atoms with van der Waals surface area (Å²) >= 11 is 5.95. The van der Waals surface area contributed by atoms with E-state index in [2.05, 4.69) is 6.58 Å². The van der Waals surface area contributed by atoms with Gasteiger partial charge in [0.15, 0.2) is 11.6 Å². The highest BCUT2D eigenvalue weighted by Gasteiger charge is 2.17. The van der Waals surface area contributed by atoms with Gasteiger partial charge in [-0.25, -0.2) is 0 Å². The van der Waals surface area contributed by atoms with Crippen molar-refractivity contribution in [1.29, 1.82) is 0 Å². The molecule has 0 amide bonds. The van der Waals surface area contributed by atoms with Crippen LogP contribution in [-0.4, -0.2) is 11.6 Å². The molecular weight excluding hydrogens is 368 g/mol. The van der Waals surface area contributed by atoms with Crippen LogP contribution in [0, 0.1) is 0 Å². The molecule has 3 aromatic carbocycles. The Kier molecular flexibility index (Phi) is 6.36. The molecule has 0 heterocycles. The maximum Gasteiger partial charge on any atom is 0.189 e. The third-order valence-corrected chi connectivity index (χ3v) is 4.55. The smallest absolute Gasteiger partial charge is 0.189 e. The van der Waals surface area contributed by atoms with Crippen LogP contribution in [0.1, 0.15) is 32.7 Å². The number of Topliss-reactive ketones (excluding diaryl/α,β-unsaturated/α-hetero) is 2. The van der Waals surface area contributed by atoms with E-state index >= 15 is 0 Å². The Labute approximate surface area is 169 Å². The monoisotopic (exact) mass is 386 g/mol. The molecule has 0 aliphatic heterocycles. The van der Waals surface area contributed by atoms with Crippen molar-refractivity contribution in [2.24, 2.45) is 0 Å². The fraction of sp³-hybridized carbons (Fsp3) is 0.0400. The third-order valence-electron chi connectivity index (χ3n) is 4.30. The van der Waals surface area contributed by atoms with Gasteiger partial charge in [-0.2, -0.15) is 0 Å². The first-order valence-corrected chi connectivity index (χ1v) is 9.26. The van der Waals surface area contributed by atoms with Crippen LogP contribution in [0.2, 0.25) is 5.02 Å². The fourth-order valence-corrected chi connectivity index (χ4v) is 2.96. The Morgan fingerprint density at radius 3 is 1.79 bits per heavy atom. The van der Waals surface area contributed by atoms with Gasteiger partial charge in [0.25, 0.3) is 0 Å². The fourth-order valence-electron chi connectivity index (χ4n) is 2.84. The second-order valence-corrected chi connectivity index (χ2v) is 6.83. The zero-order valence-electron chi connectivity index (χ0n) is 15.3. The van der Waals surface area contributed by atoms with Crippen molar-refractivity contribution in [3.05, 3.63) is 124 Å². The number of allylic oxidation sites excluding steroid dienone is 2. The van der Waals surface area contributed by atoms with Gasteiger partial charge in [-0.3, -0.25) is 9.59 Å². The minimum Gasteiger partial charge on any atom is -0.289 e. The highest BCUT2D eigenvalue weighted by Crippen LogP contribution is 2.22. The van der Waals surface area contributed by atoms with Gasteiger partial charge in [-0.05, 0) is 29.3 Å². The largest absolute Gasteiger partial charge is 0.289 e. The van der Waals surface area contributed by atoms with Gasteiger partial charge >= 0.3 is 0 Å². The van der Waals surface area contributed by atoms with Crippen LogP contribution in [0.15, 0.2) is 103 Å². The number of hydrogen-bond acceptors (Lipinski definition) is 2. The summed E-state index contributed by atoms with van der Waals surface area (Å²) in [5.41, 5.74) is 2.84. The van der Waals surface area contributed by atoms with E-state index in [1.807, 2.05) is 36.4 Å². The lowest BCUT2D eigenvalue weighted by Gasteiger charge is -2.10. The first kappa shape index (κ1) is 19.5. The summed E-state index contributed by atoms with van der Waals surface area (Å²) in [6.45, 7) is 3.94. The average Bonchev–Trinajstić information content (AvgIpc) is 2.75. The highest BCUT2D eigenvalue weighted by atomic mass is 35.5. The van der Waals surface area contributed by atoms with Gasteiger partial charge in [-0.15, -0.1) is 0 Å². The van der Waals surface area contributed by atoms with Crippen molar-refractivity contribution in [2.45, 2.75) is 6.42 Å². The SMILES string of the molecule is C=C(C/C(=C\c1ccc(Cl)cc1)C(=O)c1ccccc1)C(=O)c1ccccc1. The molecule has 0 saturated carbocycles. The highest BCUT2D eigenvalue weighted by molar-refractivity contribution is 6.30. The van der Waals surface area contributed by atoms with Crippen molar-refractivity contribution in [1.82, 2.24) is 0 Å². The van der Waals surface area contributed by atoms with E-state index in [0.717, 1.165) is 5.56 Å². The number of ketones is 2. The van der Waals surface area contributed by atoms with E-state index in [9.17, 15) is 9.59 Å². The summed E-state index contributed by atoms with van der Waals surface area (Å²) in [5.74, 6) is -0.291. The molecular formula is C25H19ClO2. The molecule has 0 aliphatic carbocycles. The minimum absolute atomic E-state index is 0.127. The van der Waals surface area contributed by atoms with Gasteiger partial charge in [0.1, 0.15) is 0 Å². The number of halogens is 1. The Morgan fingerprint density at radius 1 is 0.750 bits per heavy atom. The Hall–Kier alpha value is -3.23. The summed E-state index contributed by atoms with van der Waals surface area (Å²) in [6.07, 6.45) is 1.96. The molecule has 0 bridgehead atoms. The number of carbonyl (C=O) groups excluding carboxylic acids is 2. The molecule has 0 unspecified atom stereocenters. The molecule has 0 fully saturated rings. The molecule has 3 aromatic rings. The van der Waals surface area contributed by atoms with Crippen LogP contribution >= 0.6 is 11.6 Å². The minimum atomic E-state index is -0.163. The van der Waals surface area contributed by atoms with Gasteiger partial charge < -0.3 is 0 Å². The average molecular weight is 387 g/mol. The second kappa shape index (κ2) is 9.12. The Bertz CT molecular complexity index is 1020. The predicted octanol–water partition coefficient (Wildman–Crippen LogP) is 6.44. The lowest BCUT2D eigenvalue weighted by molar-refractivity contribution is 0.102. The molecule has 28 heavy (non-hydrogen) atoms. The molecule has 0 N–H and O–H groups in total. The normalized spacial score (nSPS) is 11.1. The second-order valence-electron chi connectivity index (χ2n) is 6.39. The van der Waals surface area contributed by atoms with E-state index in [0.29, 0.717) is 27.3 Å². The Morgan fingerprint density at radius 2 is 1.25 bits per heavy atom. The third kappa shape index (κ3) is 4.93. The molecule has 0 aliphatic rings. The molecule has 0 radical (unpaired) electrons. The van der Waals surface area contributed by atoms with Crippen LogP contribution < -0.4 is 0 Å². The predicted molar refractivity (Wildman–Crippen MR) is 115 cm³/mol. The molecule has 3 heteroatoms. The van der Waals surface area contributed by atoms with E-state index in [1.165, 1.54) is 0 Å². The Balaban J connectivity index is 1.92. The quantitative estimate of drug-likeness (QED) is 0.346. The maximum absolute atomic E-state index is 13.1. The van der Waals surface area contributed by atoms with Gasteiger partial charge in [0.05, 0.1) is 0 Å². The van der Waals surface area contributed by atoms with Gasteiger partial charge in [0, 0.05) is 28.1 Å². The lowest BCUT2D eigenvalue weighted by Crippen LogP contribution is -2.09. The van der Waals surface area contributed by atoms with Crippen LogP contribution in [0.4, 0.5) is 0 Å². The summed E-state index contributed by atoms with van der Waals surface area (Å²) in [6, 6.07) is 25.2. The van der Waals surface area contributed by atoms with Gasteiger partial charge in [0.2, 0.25) is 0 Å². The van der Waals surface area contributed by atoms with Crippen LogP contribution in [0.25, 0.3) is 6.08 Å². The molecule has 3 rings (SSSR count). The zero-order valence-corrected chi connectivity index (χ0v) is 16.0. The maximum atomic E-state index is 13.1. The van der Waals surface area contributed by atoms with Crippen molar-refractivity contribution in [3.63, 3.8) is 0 Å². The van der Waals surface area contributed by atoms with Crippen LogP contribution in [0.5, 0.6) is 0 Å². The van der Waals surface area contributed by atoms with E-state index in [1.54, 1.807) is 54.6 Å². The molecule has 138 valence electrons. The summed E-state index contributed by atoms with van der Waals surface area (Å²) in [7, 11) is 0. The first-order chi connectivity index (χ1) is 13.5. The number of carbonyl (C=O) groups is 2. The van der Waals surface area contributed by atoms with Crippen molar-refractivity contribution in [3.8, 4) is 0 Å². The van der Waals surface area contributed by atoms with Crippen molar-refractivity contribution in [2.75, 3.05) is 0 Å². The number of rotatable bonds is 7. The lowest BCUT2D eigenvalue weighted by atomic mass is 9.92. The topological polar surface area (TPSA) is 34.1 Å². The zero-order chi connectivity index (χ0) is 19.9. The van der Waals surface area contributed by atoms with Crippen LogP contribution in [0.3, 0.4) is 0 Å². The first-order valence-electron chi connectivity index (χ1n) is 8.88. The standard InChI is InChI=1S/C25H19ClO2/c1-18(24(27)20-8-4-2-5-9-20)16-22(17-19-12-14-23(26)15-13-19)25(28)21-10-6-3-7-11-21/h2-15,17H,1,16H2/b22-17+. The summed E-state index contributed by atoms with van der Waals surface area (Å²) in [5, 5.41) is 0.622. The van der Waals surface area contributed by atoms with Crippen molar-refractivity contribution >= 4 is 29.2 Å². The number of hydrogen-bond donors (Lipinski definition) is 0. The molecule has 0 atom stereocenters. The summed E-state index contributed by atoms with van der Waals surface area (Å²) < 4.78 is 0. The van der Waals surface area contributed by atoms with E-state index in [-0.39, 0.29) is 18.0 Å². The molecule has 0 spiro atoms. The van der Waals surface area contributed by atoms with Gasteiger partial charge in [-0.1, -0.05) is 91.0 Å². The molecule has 2 nitrogen and oxygen atoms in total. The summed E-state index contributed by atoms with van der Waals surface area (Å²) in [4.78, 5) is 25.7. The molecule has 0 saturated heterocycles. The van der Waals surface area contributed by atoms with E-state index in [4.69, 9.17) is 11.6 Å². The molecule has 0 aromatic heterocycles. The van der Waals surface area contributed by atoms with E-state index < -0.39 is 0 Å². The number of benzene rings is 3. The van der Waals surface area contributed by atoms with Crippen molar-refractivity contribution < 1.29 is 9.59 Å².